The number of nitrogens with zero attached hydrogens (tertiary/aromatic N) is 4. The molecule has 1 amide bonds. The highest BCUT2D eigenvalue weighted by Gasteiger charge is 2.17. The molecule has 5 aromatic rings. The zero-order chi connectivity index (χ0) is 23.7. The van der Waals surface area contributed by atoms with Crippen LogP contribution in [0.1, 0.15) is 26.8 Å². The number of nitrogens with one attached hydrogen (secondary N) is 1. The number of benzene rings is 2. The van der Waals surface area contributed by atoms with Crippen molar-refractivity contribution in [2.75, 3.05) is 5.32 Å². The second-order valence-corrected chi connectivity index (χ2v) is 9.39. The number of carbonyl (C=O) groups is 1. The van der Waals surface area contributed by atoms with Gasteiger partial charge in [-0.05, 0) is 55.0 Å². The van der Waals surface area contributed by atoms with Crippen LogP contribution in [0, 0.1) is 6.92 Å². The maximum Gasteiger partial charge on any atom is 0.265 e. The number of aryl methyl sites for hydroxylation is 2. The standard InChI is InChI=1S/C25H22ClN5O2S/c1-16-21-13-22(34-25(21)31(29-16)14-17-3-5-18(26)6-4-17)24(32)28-19-7-9-20(10-8-19)33-15-23-27-11-12-30(23)2/h3-13H,14-15H2,1-2H3,(H,28,32). The van der Waals surface area contributed by atoms with Crippen LogP contribution in [0.4, 0.5) is 5.69 Å². The number of imidazole rings is 1. The molecule has 3 heterocycles. The van der Waals surface area contributed by atoms with Crippen molar-refractivity contribution in [1.82, 2.24) is 19.3 Å². The van der Waals surface area contributed by atoms with Gasteiger partial charge in [0.2, 0.25) is 0 Å². The first kappa shape index (κ1) is 22.2. The molecule has 0 saturated heterocycles. The quantitative estimate of drug-likeness (QED) is 0.318. The van der Waals surface area contributed by atoms with E-state index >= 15 is 0 Å². The number of halogens is 1. The summed E-state index contributed by atoms with van der Waals surface area (Å²) in [5.74, 6) is 1.40. The lowest BCUT2D eigenvalue weighted by Gasteiger charge is -2.08. The van der Waals surface area contributed by atoms with Crippen LogP contribution in [-0.2, 0) is 20.2 Å². The Morgan fingerprint density at radius 1 is 1.15 bits per heavy atom. The molecule has 9 heteroatoms. The first-order chi connectivity index (χ1) is 16.5. The van der Waals surface area contributed by atoms with Gasteiger partial charge < -0.3 is 14.6 Å². The minimum absolute atomic E-state index is 0.152. The molecule has 34 heavy (non-hydrogen) atoms. The molecule has 0 aliphatic carbocycles. The van der Waals surface area contributed by atoms with Crippen LogP contribution in [0.25, 0.3) is 10.2 Å². The highest BCUT2D eigenvalue weighted by atomic mass is 35.5. The highest BCUT2D eigenvalue weighted by molar-refractivity contribution is 7.20. The van der Waals surface area contributed by atoms with Crippen molar-refractivity contribution in [2.45, 2.75) is 20.1 Å². The van der Waals surface area contributed by atoms with Gasteiger partial charge in [0, 0.05) is 35.5 Å². The fourth-order valence-electron chi connectivity index (χ4n) is 3.61. The average Bonchev–Trinajstić information content (AvgIpc) is 3.52. The van der Waals surface area contributed by atoms with Crippen molar-refractivity contribution in [2.24, 2.45) is 7.05 Å². The largest absolute Gasteiger partial charge is 0.486 e. The summed E-state index contributed by atoms with van der Waals surface area (Å²) in [6, 6.07) is 16.9. The third-order valence-electron chi connectivity index (χ3n) is 5.48. The van der Waals surface area contributed by atoms with Crippen molar-refractivity contribution in [1.29, 1.82) is 0 Å². The van der Waals surface area contributed by atoms with E-state index in [1.165, 1.54) is 11.3 Å². The summed E-state index contributed by atoms with van der Waals surface area (Å²) < 4.78 is 9.62. The first-order valence-corrected chi connectivity index (χ1v) is 11.9. The molecule has 0 fully saturated rings. The molecule has 172 valence electrons. The highest BCUT2D eigenvalue weighted by Crippen LogP contribution is 2.30. The third-order valence-corrected chi connectivity index (χ3v) is 6.88. The molecule has 0 aliphatic rings. The van der Waals surface area contributed by atoms with Gasteiger partial charge in [-0.1, -0.05) is 23.7 Å². The van der Waals surface area contributed by atoms with Gasteiger partial charge in [-0.25, -0.2) is 4.98 Å². The Hall–Kier alpha value is -3.62. The van der Waals surface area contributed by atoms with E-state index < -0.39 is 0 Å². The van der Waals surface area contributed by atoms with E-state index in [4.69, 9.17) is 16.3 Å². The van der Waals surface area contributed by atoms with Crippen LogP contribution in [-0.4, -0.2) is 25.2 Å². The second kappa shape index (κ2) is 9.32. The summed E-state index contributed by atoms with van der Waals surface area (Å²) in [5, 5.41) is 9.30. The Bertz CT molecular complexity index is 1450. The summed E-state index contributed by atoms with van der Waals surface area (Å²) in [7, 11) is 1.93. The SMILES string of the molecule is Cc1nn(Cc2ccc(Cl)cc2)c2sc(C(=O)Nc3ccc(OCc4nccn4C)cc3)cc12. The molecule has 1 N–H and O–H groups in total. The summed E-state index contributed by atoms with van der Waals surface area (Å²) in [4.78, 5) is 18.8. The Morgan fingerprint density at radius 2 is 1.91 bits per heavy atom. The van der Waals surface area contributed by atoms with Crippen molar-refractivity contribution in [3.05, 3.63) is 94.0 Å². The van der Waals surface area contributed by atoms with Crippen LogP contribution in [0.3, 0.4) is 0 Å². The van der Waals surface area contributed by atoms with Crippen molar-refractivity contribution in [3.8, 4) is 5.75 Å². The molecule has 2 aromatic carbocycles. The van der Waals surface area contributed by atoms with Crippen LogP contribution >= 0.6 is 22.9 Å². The molecule has 0 spiro atoms. The molecular formula is C25H22ClN5O2S. The molecule has 0 aliphatic heterocycles. The number of thiophene rings is 1. The van der Waals surface area contributed by atoms with Gasteiger partial charge in [0.05, 0.1) is 17.1 Å². The smallest absolute Gasteiger partial charge is 0.265 e. The van der Waals surface area contributed by atoms with Crippen molar-refractivity contribution in [3.63, 3.8) is 0 Å². The topological polar surface area (TPSA) is 74.0 Å². The lowest BCUT2D eigenvalue weighted by molar-refractivity contribution is 0.103. The Labute approximate surface area is 205 Å². The number of carbonyl (C=O) groups excluding carboxylic acids is 1. The van der Waals surface area contributed by atoms with Crippen molar-refractivity contribution < 1.29 is 9.53 Å². The summed E-state index contributed by atoms with van der Waals surface area (Å²) in [6.45, 7) is 2.95. The van der Waals surface area contributed by atoms with Crippen LogP contribution in [0.15, 0.2) is 67.0 Å². The predicted octanol–water partition coefficient (Wildman–Crippen LogP) is 5.67. The molecule has 7 nitrogen and oxygen atoms in total. The van der Waals surface area contributed by atoms with Gasteiger partial charge in [-0.15, -0.1) is 11.3 Å². The molecular weight excluding hydrogens is 470 g/mol. The maximum atomic E-state index is 12.9. The van der Waals surface area contributed by atoms with Gasteiger partial charge in [-0.3, -0.25) is 9.48 Å². The lowest BCUT2D eigenvalue weighted by Crippen LogP contribution is -2.10. The lowest BCUT2D eigenvalue weighted by atomic mass is 10.2. The van der Waals surface area contributed by atoms with E-state index in [1.807, 2.05) is 84.0 Å². The zero-order valence-corrected chi connectivity index (χ0v) is 20.2. The van der Waals surface area contributed by atoms with Crippen LogP contribution in [0.5, 0.6) is 5.75 Å². The Kier molecular flexibility index (Phi) is 6.08. The summed E-state index contributed by atoms with van der Waals surface area (Å²) >= 11 is 7.43. The molecule has 5 rings (SSSR count). The van der Waals surface area contributed by atoms with Gasteiger partial charge in [0.25, 0.3) is 5.91 Å². The second-order valence-electron chi connectivity index (χ2n) is 7.92. The van der Waals surface area contributed by atoms with E-state index in [0.29, 0.717) is 34.5 Å². The number of hydrogen-bond donors (Lipinski definition) is 1. The minimum atomic E-state index is -0.152. The Balaban J connectivity index is 1.27. The van der Waals surface area contributed by atoms with Gasteiger partial charge >= 0.3 is 0 Å². The first-order valence-electron chi connectivity index (χ1n) is 10.7. The molecule has 0 bridgehead atoms. The van der Waals surface area contributed by atoms with Gasteiger partial charge in [0.1, 0.15) is 23.0 Å². The third kappa shape index (κ3) is 4.69. The van der Waals surface area contributed by atoms with E-state index in [0.717, 1.165) is 27.3 Å². The number of ether oxygens (including phenoxy) is 1. The molecule has 0 unspecified atom stereocenters. The number of fused-ring (bicyclic) bond motifs is 1. The predicted molar refractivity (Wildman–Crippen MR) is 135 cm³/mol. The molecule has 3 aromatic heterocycles. The fraction of sp³-hybridized carbons (Fsp3) is 0.160. The zero-order valence-electron chi connectivity index (χ0n) is 18.7. The number of hydrogen-bond acceptors (Lipinski definition) is 5. The fourth-order valence-corrected chi connectivity index (χ4v) is 4.79. The van der Waals surface area contributed by atoms with E-state index in [-0.39, 0.29) is 5.91 Å². The van der Waals surface area contributed by atoms with E-state index in [9.17, 15) is 4.79 Å². The maximum absolute atomic E-state index is 12.9. The van der Waals surface area contributed by atoms with Gasteiger partial charge in [0.15, 0.2) is 0 Å². The molecule has 0 radical (unpaired) electrons. The number of anilines is 1. The summed E-state index contributed by atoms with van der Waals surface area (Å²) in [5.41, 5.74) is 2.69. The normalized spacial score (nSPS) is 11.1. The number of rotatable bonds is 7. The van der Waals surface area contributed by atoms with Crippen LogP contribution < -0.4 is 10.1 Å². The summed E-state index contributed by atoms with van der Waals surface area (Å²) in [6.07, 6.45) is 3.62. The van der Waals surface area contributed by atoms with E-state index in [1.54, 1.807) is 6.20 Å². The number of amides is 1. The number of aromatic nitrogens is 4. The van der Waals surface area contributed by atoms with Gasteiger partial charge in [-0.2, -0.15) is 5.10 Å². The Morgan fingerprint density at radius 3 is 2.62 bits per heavy atom. The molecule has 0 saturated carbocycles. The average molecular weight is 492 g/mol. The van der Waals surface area contributed by atoms with E-state index in [2.05, 4.69) is 15.4 Å². The molecule has 0 atom stereocenters. The monoisotopic (exact) mass is 491 g/mol. The minimum Gasteiger partial charge on any atom is -0.486 e. The van der Waals surface area contributed by atoms with Crippen molar-refractivity contribution >= 4 is 44.7 Å². The van der Waals surface area contributed by atoms with Crippen LogP contribution in [0.2, 0.25) is 5.02 Å².